The molecule has 1 heterocycles. The molecule has 0 bridgehead atoms. The highest BCUT2D eigenvalue weighted by Gasteiger charge is 2.18. The van der Waals surface area contributed by atoms with Gasteiger partial charge in [-0.2, -0.15) is 0 Å². The van der Waals surface area contributed by atoms with Crippen LogP contribution in [0.4, 0.5) is 5.95 Å². The second kappa shape index (κ2) is 4.54. The Morgan fingerprint density at radius 2 is 2.07 bits per heavy atom. The van der Waals surface area contributed by atoms with E-state index in [4.69, 9.17) is 16.7 Å². The van der Waals surface area contributed by atoms with Crippen molar-refractivity contribution in [3.8, 4) is 0 Å². The van der Waals surface area contributed by atoms with E-state index in [1.54, 1.807) is 0 Å². The Hall–Kier alpha value is -0.910. The molecule has 0 saturated carbocycles. The van der Waals surface area contributed by atoms with Crippen molar-refractivity contribution in [3.63, 3.8) is 0 Å². The third-order valence-electron chi connectivity index (χ3n) is 1.59. The summed E-state index contributed by atoms with van der Waals surface area (Å²) in [5, 5.41) is 21.4. The fourth-order valence-electron chi connectivity index (χ4n) is 0.729. The summed E-state index contributed by atoms with van der Waals surface area (Å²) in [5.74, 6) is 0.364. The van der Waals surface area contributed by atoms with Crippen LogP contribution in [-0.4, -0.2) is 38.9 Å². The summed E-state index contributed by atoms with van der Waals surface area (Å²) >= 11 is 5.59. The molecule has 0 aromatic carbocycles. The average Bonchev–Trinajstić information content (AvgIpc) is 2.17. The van der Waals surface area contributed by atoms with E-state index in [0.717, 1.165) is 0 Å². The molecule has 0 spiro atoms. The van der Waals surface area contributed by atoms with Crippen molar-refractivity contribution in [3.05, 3.63) is 17.4 Å². The first-order chi connectivity index (χ1) is 6.53. The van der Waals surface area contributed by atoms with Crippen LogP contribution in [-0.2, 0) is 0 Å². The van der Waals surface area contributed by atoms with Gasteiger partial charge in [0.05, 0.1) is 24.0 Å². The number of rotatable bonds is 4. The highest BCUT2D eigenvalue weighted by atomic mass is 35.5. The van der Waals surface area contributed by atoms with Crippen molar-refractivity contribution in [2.45, 2.75) is 12.5 Å². The van der Waals surface area contributed by atoms with E-state index in [9.17, 15) is 5.11 Å². The largest absolute Gasteiger partial charge is 0.393 e. The maximum absolute atomic E-state index is 9.44. The second-order valence-corrected chi connectivity index (χ2v) is 3.67. The van der Waals surface area contributed by atoms with Gasteiger partial charge in [0.1, 0.15) is 5.60 Å². The van der Waals surface area contributed by atoms with E-state index < -0.39 is 5.60 Å². The minimum Gasteiger partial charge on any atom is -0.393 e. The van der Waals surface area contributed by atoms with Crippen molar-refractivity contribution >= 4 is 17.5 Å². The van der Waals surface area contributed by atoms with Crippen LogP contribution >= 0.6 is 11.6 Å². The number of aromatic nitrogens is 2. The summed E-state index contributed by atoms with van der Waals surface area (Å²) in [5.41, 5.74) is -1.18. The molecule has 1 aromatic heterocycles. The topological polar surface area (TPSA) is 78.3 Å². The van der Waals surface area contributed by atoms with Crippen molar-refractivity contribution in [1.29, 1.82) is 0 Å². The van der Waals surface area contributed by atoms with Crippen LogP contribution in [0.5, 0.6) is 0 Å². The Morgan fingerprint density at radius 1 is 1.50 bits per heavy atom. The molecule has 0 saturated heterocycles. The number of halogens is 1. The van der Waals surface area contributed by atoms with Gasteiger partial charge in [-0.05, 0) is 6.92 Å². The quantitative estimate of drug-likeness (QED) is 0.676. The van der Waals surface area contributed by atoms with Gasteiger partial charge < -0.3 is 15.5 Å². The Bertz CT molecular complexity index is 289. The summed E-state index contributed by atoms with van der Waals surface area (Å²) < 4.78 is 0. The molecule has 0 amide bonds. The molecule has 1 atom stereocenters. The van der Waals surface area contributed by atoms with Gasteiger partial charge in [0.15, 0.2) is 0 Å². The van der Waals surface area contributed by atoms with Gasteiger partial charge >= 0.3 is 0 Å². The van der Waals surface area contributed by atoms with Crippen LogP contribution in [0.3, 0.4) is 0 Å². The van der Waals surface area contributed by atoms with Crippen molar-refractivity contribution in [1.82, 2.24) is 9.97 Å². The van der Waals surface area contributed by atoms with Gasteiger partial charge in [0, 0.05) is 6.54 Å². The predicted octanol–water partition coefficient (Wildman–Crippen LogP) is 0.285. The molecule has 3 N–H and O–H groups in total. The maximum Gasteiger partial charge on any atom is 0.222 e. The maximum atomic E-state index is 9.44. The summed E-state index contributed by atoms with van der Waals surface area (Å²) in [7, 11) is 0. The number of aliphatic hydroxyl groups is 2. The zero-order valence-electron chi connectivity index (χ0n) is 7.74. The van der Waals surface area contributed by atoms with Crippen LogP contribution in [0.1, 0.15) is 6.92 Å². The van der Waals surface area contributed by atoms with Crippen molar-refractivity contribution < 1.29 is 10.2 Å². The van der Waals surface area contributed by atoms with E-state index >= 15 is 0 Å². The fourth-order valence-corrected chi connectivity index (χ4v) is 0.827. The normalized spacial score (nSPS) is 14.9. The van der Waals surface area contributed by atoms with Gasteiger partial charge in [-0.3, -0.25) is 0 Å². The minimum atomic E-state index is -1.18. The monoisotopic (exact) mass is 217 g/mol. The number of hydrogen-bond donors (Lipinski definition) is 3. The van der Waals surface area contributed by atoms with Crippen molar-refractivity contribution in [2.75, 3.05) is 18.5 Å². The lowest BCUT2D eigenvalue weighted by Crippen LogP contribution is -2.37. The lowest BCUT2D eigenvalue weighted by molar-refractivity contribution is 0.0131. The van der Waals surface area contributed by atoms with Crippen LogP contribution in [0.15, 0.2) is 12.4 Å². The summed E-state index contributed by atoms with van der Waals surface area (Å²) in [6, 6.07) is 0. The van der Waals surface area contributed by atoms with Crippen LogP contribution in [0.25, 0.3) is 0 Å². The first-order valence-electron chi connectivity index (χ1n) is 4.08. The number of nitrogens with zero attached hydrogens (tertiary/aromatic N) is 2. The lowest BCUT2D eigenvalue weighted by Gasteiger charge is -2.20. The molecule has 6 heteroatoms. The summed E-state index contributed by atoms with van der Waals surface area (Å²) in [6.07, 6.45) is 2.90. The van der Waals surface area contributed by atoms with E-state index in [1.807, 2.05) is 0 Å². The summed E-state index contributed by atoms with van der Waals surface area (Å²) in [4.78, 5) is 7.74. The third kappa shape index (κ3) is 3.45. The number of hydrogen-bond acceptors (Lipinski definition) is 5. The molecule has 0 fully saturated rings. The SMILES string of the molecule is C[C@](O)(CO)CNc1ncc(Cl)cn1. The fraction of sp³-hybridized carbons (Fsp3) is 0.500. The highest BCUT2D eigenvalue weighted by Crippen LogP contribution is 2.07. The van der Waals surface area contributed by atoms with E-state index in [-0.39, 0.29) is 13.2 Å². The predicted molar refractivity (Wildman–Crippen MR) is 53.2 cm³/mol. The first kappa shape index (κ1) is 11.2. The molecule has 0 radical (unpaired) electrons. The molecule has 0 aliphatic rings. The lowest BCUT2D eigenvalue weighted by atomic mass is 10.1. The van der Waals surface area contributed by atoms with E-state index in [0.29, 0.717) is 11.0 Å². The van der Waals surface area contributed by atoms with Gasteiger partial charge in [-0.15, -0.1) is 0 Å². The Morgan fingerprint density at radius 3 is 2.57 bits per heavy atom. The second-order valence-electron chi connectivity index (χ2n) is 3.23. The molecule has 1 aromatic rings. The molecule has 14 heavy (non-hydrogen) atoms. The van der Waals surface area contributed by atoms with Crippen LogP contribution in [0.2, 0.25) is 5.02 Å². The Labute approximate surface area is 86.8 Å². The number of anilines is 1. The molecule has 78 valence electrons. The molecule has 0 aliphatic carbocycles. The first-order valence-corrected chi connectivity index (χ1v) is 4.46. The smallest absolute Gasteiger partial charge is 0.222 e. The Balaban J connectivity index is 2.50. The van der Waals surface area contributed by atoms with Gasteiger partial charge in [0.25, 0.3) is 0 Å². The molecule has 0 unspecified atom stereocenters. The van der Waals surface area contributed by atoms with E-state index in [2.05, 4.69) is 15.3 Å². The number of aliphatic hydroxyl groups excluding tert-OH is 1. The number of nitrogens with one attached hydrogen (secondary N) is 1. The summed E-state index contributed by atoms with van der Waals surface area (Å²) in [6.45, 7) is 1.36. The van der Waals surface area contributed by atoms with Crippen LogP contribution < -0.4 is 5.32 Å². The van der Waals surface area contributed by atoms with Gasteiger partial charge in [-0.25, -0.2) is 9.97 Å². The standard InChI is InChI=1S/C8H12ClN3O2/c1-8(14,5-13)4-12-7-10-2-6(9)3-11-7/h2-3,13-14H,4-5H2,1H3,(H,10,11,12)/t8-/m1/s1. The highest BCUT2D eigenvalue weighted by molar-refractivity contribution is 6.30. The van der Waals surface area contributed by atoms with Crippen molar-refractivity contribution in [2.24, 2.45) is 0 Å². The third-order valence-corrected chi connectivity index (χ3v) is 1.78. The average molecular weight is 218 g/mol. The molecular formula is C8H12ClN3O2. The molecular weight excluding hydrogens is 206 g/mol. The minimum absolute atomic E-state index is 0.172. The zero-order chi connectivity index (χ0) is 10.6. The van der Waals surface area contributed by atoms with Gasteiger partial charge in [0.2, 0.25) is 5.95 Å². The molecule has 5 nitrogen and oxygen atoms in total. The molecule has 0 aliphatic heterocycles. The van der Waals surface area contributed by atoms with Gasteiger partial charge in [-0.1, -0.05) is 11.6 Å². The molecule has 1 rings (SSSR count). The van der Waals surface area contributed by atoms with E-state index in [1.165, 1.54) is 19.3 Å². The Kier molecular flexibility index (Phi) is 3.62. The zero-order valence-corrected chi connectivity index (χ0v) is 8.49. The van der Waals surface area contributed by atoms with Crippen LogP contribution in [0, 0.1) is 0 Å².